The molecule has 1 saturated carbocycles. The van der Waals surface area contributed by atoms with E-state index in [2.05, 4.69) is 5.32 Å². The quantitative estimate of drug-likeness (QED) is 0.620. The number of carbonyl (C=O) groups is 3. The summed E-state index contributed by atoms with van der Waals surface area (Å²) in [5.41, 5.74) is 1.83. The average molecular weight is 496 g/mol. The Balaban J connectivity index is 1.48. The number of imide groups is 1. The molecule has 3 aliphatic rings. The first-order chi connectivity index (χ1) is 16.6. The van der Waals surface area contributed by atoms with Gasteiger partial charge in [-0.1, -0.05) is 48.5 Å². The Morgan fingerprint density at radius 1 is 1.00 bits per heavy atom. The van der Waals surface area contributed by atoms with E-state index >= 15 is 0 Å². The molecule has 1 aliphatic carbocycles. The number of urea groups is 1. The summed E-state index contributed by atoms with van der Waals surface area (Å²) in [4.78, 5) is 43.2. The fraction of sp³-hybridized carbons (Fsp3) is 0.423. The van der Waals surface area contributed by atoms with Crippen molar-refractivity contribution in [3.63, 3.8) is 0 Å². The Morgan fingerprint density at radius 3 is 2.31 bits per heavy atom. The van der Waals surface area contributed by atoms with Gasteiger partial charge in [-0.3, -0.25) is 14.5 Å². The summed E-state index contributed by atoms with van der Waals surface area (Å²) in [7, 11) is -3.18. The van der Waals surface area contributed by atoms with Gasteiger partial charge in [0.2, 0.25) is 5.91 Å². The van der Waals surface area contributed by atoms with Crippen LogP contribution in [0.2, 0.25) is 0 Å². The number of hydrogen-bond donors (Lipinski definition) is 1. The van der Waals surface area contributed by atoms with Gasteiger partial charge in [0.1, 0.15) is 6.54 Å². The van der Waals surface area contributed by atoms with Crippen molar-refractivity contribution in [3.8, 4) is 0 Å². The van der Waals surface area contributed by atoms with Crippen molar-refractivity contribution in [1.29, 1.82) is 0 Å². The fourth-order valence-corrected chi connectivity index (χ4v) is 6.92. The molecule has 8 nitrogen and oxygen atoms in total. The Bertz CT molecular complexity index is 1310. The van der Waals surface area contributed by atoms with Crippen LogP contribution in [-0.4, -0.2) is 66.2 Å². The summed E-state index contributed by atoms with van der Waals surface area (Å²) in [6.45, 7) is 3.50. The molecule has 0 aromatic heterocycles. The summed E-state index contributed by atoms with van der Waals surface area (Å²) in [6, 6.07) is 13.6. The van der Waals surface area contributed by atoms with Crippen molar-refractivity contribution in [2.24, 2.45) is 0 Å². The number of aryl methyl sites for hydroxylation is 2. The van der Waals surface area contributed by atoms with Gasteiger partial charge in [-0.15, -0.1) is 0 Å². The van der Waals surface area contributed by atoms with E-state index in [9.17, 15) is 22.8 Å². The van der Waals surface area contributed by atoms with E-state index < -0.39 is 39.9 Å². The molecule has 184 valence electrons. The first-order valence-electron chi connectivity index (χ1n) is 11.9. The Labute approximate surface area is 205 Å². The minimum absolute atomic E-state index is 0.0276. The van der Waals surface area contributed by atoms with Crippen LogP contribution in [-0.2, 0) is 25.0 Å². The third-order valence-electron chi connectivity index (χ3n) is 7.38. The molecule has 3 fully saturated rings. The van der Waals surface area contributed by atoms with Gasteiger partial charge < -0.3 is 10.2 Å². The van der Waals surface area contributed by atoms with Crippen LogP contribution in [0.1, 0.15) is 41.5 Å². The molecule has 35 heavy (non-hydrogen) atoms. The van der Waals surface area contributed by atoms with Crippen LogP contribution in [0.4, 0.5) is 4.79 Å². The highest BCUT2D eigenvalue weighted by Gasteiger charge is 2.55. The number of nitrogens with zero attached hydrogens (tertiary/aromatic N) is 2. The summed E-state index contributed by atoms with van der Waals surface area (Å²) < 4.78 is 24.1. The predicted molar refractivity (Wildman–Crippen MR) is 130 cm³/mol. The lowest BCUT2D eigenvalue weighted by atomic mass is 9.81. The number of hydrogen-bond acceptors (Lipinski definition) is 5. The molecule has 2 aromatic rings. The Kier molecular flexibility index (Phi) is 5.70. The number of carbonyl (C=O) groups excluding carboxylic acids is 3. The lowest BCUT2D eigenvalue weighted by Gasteiger charge is -2.30. The molecular weight excluding hydrogens is 466 g/mol. The average Bonchev–Trinajstić information content (AvgIpc) is 3.54. The van der Waals surface area contributed by atoms with Crippen LogP contribution >= 0.6 is 0 Å². The molecular formula is C26H29N3O5S. The maximum absolute atomic E-state index is 14.0. The summed E-state index contributed by atoms with van der Waals surface area (Å²) >= 11 is 0. The first-order valence-corrected chi connectivity index (χ1v) is 13.7. The number of nitrogens with one attached hydrogen (secondary N) is 1. The van der Waals surface area contributed by atoms with Gasteiger partial charge in [-0.2, -0.15) is 0 Å². The Morgan fingerprint density at radius 2 is 1.71 bits per heavy atom. The second-order valence-corrected chi connectivity index (χ2v) is 12.1. The van der Waals surface area contributed by atoms with Gasteiger partial charge in [-0.25, -0.2) is 13.2 Å². The number of sulfone groups is 1. The zero-order valence-electron chi connectivity index (χ0n) is 19.9. The van der Waals surface area contributed by atoms with Crippen LogP contribution in [0.25, 0.3) is 0 Å². The summed E-state index contributed by atoms with van der Waals surface area (Å²) in [5.74, 6) is -0.908. The van der Waals surface area contributed by atoms with E-state index in [4.69, 9.17) is 0 Å². The van der Waals surface area contributed by atoms with Crippen molar-refractivity contribution in [2.45, 2.75) is 50.7 Å². The zero-order valence-corrected chi connectivity index (χ0v) is 20.7. The number of benzene rings is 2. The highest BCUT2D eigenvalue weighted by Crippen LogP contribution is 2.38. The van der Waals surface area contributed by atoms with E-state index in [0.717, 1.165) is 28.9 Å². The zero-order chi connectivity index (χ0) is 25.0. The third kappa shape index (κ3) is 4.11. The largest absolute Gasteiger partial charge is 0.334 e. The highest BCUT2D eigenvalue weighted by atomic mass is 32.2. The molecule has 2 heterocycles. The lowest BCUT2D eigenvalue weighted by Crippen LogP contribution is -2.49. The van der Waals surface area contributed by atoms with Crippen molar-refractivity contribution in [3.05, 3.63) is 70.8 Å². The van der Waals surface area contributed by atoms with Crippen LogP contribution in [0.3, 0.4) is 0 Å². The van der Waals surface area contributed by atoms with Gasteiger partial charge in [0.05, 0.1) is 11.5 Å². The van der Waals surface area contributed by atoms with Crippen LogP contribution in [0, 0.1) is 13.8 Å². The normalized spacial score (nSPS) is 25.5. The lowest BCUT2D eigenvalue weighted by molar-refractivity contribution is -0.140. The smallest absolute Gasteiger partial charge is 0.326 e. The minimum Gasteiger partial charge on any atom is -0.334 e. The molecule has 2 aromatic carbocycles. The standard InChI is InChI=1S/C26H29N3O5S/c1-17-8-9-20(14-18(17)2)26(19-6-4-3-5-7-19)24(31)28(25(32)27-26)15-23(30)29(21-10-11-21)22-12-13-35(33,34)16-22/h3-9,14,21-22H,10-13,15-16H2,1-2H3,(H,27,32). The summed E-state index contributed by atoms with van der Waals surface area (Å²) in [5, 5.41) is 2.89. The van der Waals surface area contributed by atoms with Gasteiger partial charge in [0.15, 0.2) is 15.4 Å². The molecule has 0 bridgehead atoms. The van der Waals surface area contributed by atoms with E-state index in [-0.39, 0.29) is 23.5 Å². The van der Waals surface area contributed by atoms with E-state index in [0.29, 0.717) is 17.5 Å². The van der Waals surface area contributed by atoms with Gasteiger partial charge in [-0.05, 0) is 55.4 Å². The first kappa shape index (κ1) is 23.5. The van der Waals surface area contributed by atoms with Gasteiger partial charge >= 0.3 is 6.03 Å². The molecule has 0 radical (unpaired) electrons. The van der Waals surface area contributed by atoms with Crippen molar-refractivity contribution < 1.29 is 22.8 Å². The predicted octanol–water partition coefficient (Wildman–Crippen LogP) is 2.28. The second kappa shape index (κ2) is 8.48. The van der Waals surface area contributed by atoms with Crippen LogP contribution < -0.4 is 5.32 Å². The molecule has 0 spiro atoms. The fourth-order valence-electron chi connectivity index (χ4n) is 5.21. The van der Waals surface area contributed by atoms with Crippen molar-refractivity contribution in [2.75, 3.05) is 18.1 Å². The number of amides is 4. The van der Waals surface area contributed by atoms with Crippen LogP contribution in [0.5, 0.6) is 0 Å². The maximum Gasteiger partial charge on any atom is 0.326 e. The molecule has 4 amide bonds. The van der Waals surface area contributed by atoms with E-state index in [1.165, 1.54) is 0 Å². The number of rotatable bonds is 6. The van der Waals surface area contributed by atoms with E-state index in [1.54, 1.807) is 29.2 Å². The van der Waals surface area contributed by atoms with Crippen molar-refractivity contribution in [1.82, 2.24) is 15.1 Å². The topological polar surface area (TPSA) is 104 Å². The third-order valence-corrected chi connectivity index (χ3v) is 9.13. The molecule has 2 saturated heterocycles. The van der Waals surface area contributed by atoms with Gasteiger partial charge in [0.25, 0.3) is 5.91 Å². The molecule has 2 aliphatic heterocycles. The Hall–Kier alpha value is -3.20. The molecule has 2 atom stereocenters. The van der Waals surface area contributed by atoms with E-state index in [1.807, 2.05) is 38.1 Å². The van der Waals surface area contributed by atoms with Crippen molar-refractivity contribution >= 4 is 27.7 Å². The molecule has 1 N–H and O–H groups in total. The second-order valence-electron chi connectivity index (χ2n) is 9.83. The highest BCUT2D eigenvalue weighted by molar-refractivity contribution is 7.91. The van der Waals surface area contributed by atoms with Gasteiger partial charge in [0, 0.05) is 12.1 Å². The SMILES string of the molecule is Cc1ccc(C2(c3ccccc3)NC(=O)N(CC(=O)N(C3CC3)C3CCS(=O)(=O)C3)C2=O)cc1C. The molecule has 9 heteroatoms. The minimum atomic E-state index is -3.18. The van der Waals surface area contributed by atoms with Crippen LogP contribution in [0.15, 0.2) is 48.5 Å². The molecule has 5 rings (SSSR count). The summed E-state index contributed by atoms with van der Waals surface area (Å²) in [6.07, 6.45) is 2.00. The monoisotopic (exact) mass is 495 g/mol. The maximum atomic E-state index is 14.0. The molecule has 2 unspecified atom stereocenters.